The molecule has 174 valence electrons. The zero-order valence-electron chi connectivity index (χ0n) is 17.1. The molecule has 0 bridgehead atoms. The Kier molecular flexibility index (Phi) is 7.56. The van der Waals surface area contributed by atoms with Gasteiger partial charge in [0.1, 0.15) is 5.69 Å². The smallest absolute Gasteiger partial charge is 0.292 e. The van der Waals surface area contributed by atoms with Crippen LogP contribution in [-0.2, 0) is 9.59 Å². The van der Waals surface area contributed by atoms with Gasteiger partial charge in [0.2, 0.25) is 16.9 Å². The lowest BCUT2D eigenvalue weighted by atomic mass is 10.2. The highest BCUT2D eigenvalue weighted by molar-refractivity contribution is 8.02. The molecule has 11 nitrogen and oxygen atoms in total. The van der Waals surface area contributed by atoms with Crippen molar-refractivity contribution in [1.29, 1.82) is 0 Å². The molecule has 0 spiro atoms. The van der Waals surface area contributed by atoms with Crippen LogP contribution in [0.25, 0.3) is 10.2 Å². The molecule has 2 aromatic heterocycles. The summed E-state index contributed by atoms with van der Waals surface area (Å²) in [4.78, 5) is 39.5. The Hall–Kier alpha value is -3.27. The molecule has 0 fully saturated rings. The number of nitro groups is 1. The van der Waals surface area contributed by atoms with Gasteiger partial charge in [-0.15, -0.1) is 21.5 Å². The third kappa shape index (κ3) is 6.19. The molecule has 0 atom stereocenters. The fourth-order valence-electron chi connectivity index (χ4n) is 2.70. The van der Waals surface area contributed by atoms with Gasteiger partial charge < -0.3 is 16.4 Å². The van der Waals surface area contributed by atoms with E-state index in [0.29, 0.717) is 19.5 Å². The van der Waals surface area contributed by atoms with Gasteiger partial charge in [0.05, 0.1) is 26.6 Å². The second kappa shape index (κ2) is 10.8. The van der Waals surface area contributed by atoms with Crippen LogP contribution in [0.4, 0.5) is 22.2 Å². The maximum atomic E-state index is 12.3. The van der Waals surface area contributed by atoms with Crippen LogP contribution in [0.2, 0.25) is 0 Å². The van der Waals surface area contributed by atoms with E-state index in [-0.39, 0.29) is 34.7 Å². The standard InChI is InChI=1S/C19H15N7O4S4/c20-17-24-25-19(34-17)32-8-15(27)21-10-5-6-12-14(7-10)33-18(23-12)31-9-16(28)22-11-3-1-2-4-13(11)26(29)30/h1-7H,8-9H2,(H2,20,24)(H,21,27)(H,22,28). The Balaban J connectivity index is 1.32. The van der Waals surface area contributed by atoms with E-state index in [9.17, 15) is 19.7 Å². The summed E-state index contributed by atoms with van der Waals surface area (Å²) in [5.74, 6) is -0.348. The molecule has 0 aliphatic heterocycles. The molecule has 34 heavy (non-hydrogen) atoms. The molecule has 4 N–H and O–H groups in total. The summed E-state index contributed by atoms with van der Waals surface area (Å²) in [5.41, 5.74) is 6.88. The molecular formula is C19H15N7O4S4. The molecule has 0 unspecified atom stereocenters. The quantitative estimate of drug-likeness (QED) is 0.162. The minimum atomic E-state index is -0.544. The first-order chi connectivity index (χ1) is 16.4. The second-order valence-corrected chi connectivity index (χ2v) is 11.0. The van der Waals surface area contributed by atoms with Crippen molar-refractivity contribution in [3.05, 3.63) is 52.6 Å². The van der Waals surface area contributed by atoms with Crippen molar-refractivity contribution in [1.82, 2.24) is 15.2 Å². The summed E-state index contributed by atoms with van der Waals surface area (Å²) in [6.07, 6.45) is 0. The number of carbonyl (C=O) groups is 2. The van der Waals surface area contributed by atoms with Crippen molar-refractivity contribution in [3.63, 3.8) is 0 Å². The first-order valence-corrected chi connectivity index (χ1v) is 13.1. The van der Waals surface area contributed by atoms with Crippen LogP contribution in [-0.4, -0.2) is 43.4 Å². The number of thioether (sulfide) groups is 2. The topological polar surface area (TPSA) is 166 Å². The number of nitrogens with two attached hydrogens (primary N) is 1. The molecule has 4 rings (SSSR count). The monoisotopic (exact) mass is 533 g/mol. The highest BCUT2D eigenvalue weighted by Crippen LogP contribution is 2.32. The minimum absolute atomic E-state index is 0.0445. The van der Waals surface area contributed by atoms with E-state index in [1.165, 1.54) is 64.4 Å². The van der Waals surface area contributed by atoms with Gasteiger partial charge in [0, 0.05) is 11.8 Å². The number of carbonyl (C=O) groups excluding carboxylic acids is 2. The molecular weight excluding hydrogens is 519 g/mol. The van der Waals surface area contributed by atoms with Crippen LogP contribution in [0.5, 0.6) is 0 Å². The van der Waals surface area contributed by atoms with E-state index in [4.69, 9.17) is 5.73 Å². The lowest BCUT2D eigenvalue weighted by Crippen LogP contribution is -2.15. The number of amides is 2. The summed E-state index contributed by atoms with van der Waals surface area (Å²) in [7, 11) is 0. The molecule has 0 saturated heterocycles. The number of nitrogens with one attached hydrogen (secondary N) is 2. The Labute approximate surface area is 208 Å². The fraction of sp³-hybridized carbons (Fsp3) is 0.105. The average molecular weight is 534 g/mol. The highest BCUT2D eigenvalue weighted by Gasteiger charge is 2.16. The Morgan fingerprint density at radius 3 is 2.47 bits per heavy atom. The molecule has 2 heterocycles. The summed E-state index contributed by atoms with van der Waals surface area (Å²) in [5, 5.41) is 24.4. The largest absolute Gasteiger partial charge is 0.374 e. The first kappa shape index (κ1) is 23.9. The minimum Gasteiger partial charge on any atom is -0.374 e. The van der Waals surface area contributed by atoms with Crippen LogP contribution < -0.4 is 16.4 Å². The van der Waals surface area contributed by atoms with Crippen LogP contribution in [0.15, 0.2) is 51.1 Å². The third-order valence-electron chi connectivity index (χ3n) is 4.10. The van der Waals surface area contributed by atoms with Gasteiger partial charge in [-0.2, -0.15) is 0 Å². The Morgan fingerprint density at radius 1 is 1.00 bits per heavy atom. The zero-order valence-corrected chi connectivity index (χ0v) is 20.4. The number of hydrogen-bond donors (Lipinski definition) is 3. The normalized spacial score (nSPS) is 10.8. The number of rotatable bonds is 9. The maximum absolute atomic E-state index is 12.3. The lowest BCUT2D eigenvalue weighted by Gasteiger charge is -2.04. The molecule has 0 radical (unpaired) electrons. The number of nitrogen functional groups attached to an aromatic ring is 1. The van der Waals surface area contributed by atoms with Crippen LogP contribution in [0, 0.1) is 10.1 Å². The molecule has 15 heteroatoms. The van der Waals surface area contributed by atoms with E-state index in [1.807, 2.05) is 6.07 Å². The molecule has 0 aliphatic rings. The number of aromatic nitrogens is 3. The van der Waals surface area contributed by atoms with E-state index in [2.05, 4.69) is 25.8 Å². The average Bonchev–Trinajstić information content (AvgIpc) is 3.41. The van der Waals surface area contributed by atoms with E-state index >= 15 is 0 Å². The van der Waals surface area contributed by atoms with Crippen molar-refractivity contribution in [2.45, 2.75) is 8.68 Å². The maximum Gasteiger partial charge on any atom is 0.292 e. The molecule has 2 aromatic carbocycles. The van der Waals surface area contributed by atoms with E-state index in [1.54, 1.807) is 18.2 Å². The molecule has 2 amide bonds. The first-order valence-electron chi connectivity index (χ1n) is 9.45. The molecule has 0 aliphatic carbocycles. The number of thiazole rings is 1. The van der Waals surface area contributed by atoms with Gasteiger partial charge in [0.15, 0.2) is 8.68 Å². The van der Waals surface area contributed by atoms with Crippen molar-refractivity contribution in [2.75, 3.05) is 27.9 Å². The Morgan fingerprint density at radius 2 is 1.74 bits per heavy atom. The van der Waals surface area contributed by atoms with Crippen molar-refractivity contribution >= 4 is 90.4 Å². The third-order valence-corrected chi connectivity index (χ3v) is 8.15. The van der Waals surface area contributed by atoms with Crippen molar-refractivity contribution in [3.8, 4) is 0 Å². The Bertz CT molecular complexity index is 1370. The molecule has 0 saturated carbocycles. The number of fused-ring (bicyclic) bond motifs is 1. The van der Waals surface area contributed by atoms with Crippen LogP contribution in [0.3, 0.4) is 0 Å². The van der Waals surface area contributed by atoms with E-state index < -0.39 is 4.92 Å². The number of hydrogen-bond acceptors (Lipinski definition) is 12. The van der Waals surface area contributed by atoms with Crippen LogP contribution >= 0.6 is 46.2 Å². The SMILES string of the molecule is Nc1nnc(SCC(=O)Nc2ccc3nc(SCC(=O)Nc4ccccc4[N+](=O)[O-])sc3c2)s1. The summed E-state index contributed by atoms with van der Waals surface area (Å²) in [6, 6.07) is 11.3. The van der Waals surface area contributed by atoms with Gasteiger partial charge in [0.25, 0.3) is 5.69 Å². The predicted molar refractivity (Wildman–Crippen MR) is 136 cm³/mol. The number of anilines is 3. The molecule has 4 aromatic rings. The van der Waals surface area contributed by atoms with Gasteiger partial charge in [-0.1, -0.05) is 47.0 Å². The number of nitro benzene ring substituents is 1. The number of para-hydroxylation sites is 2. The van der Waals surface area contributed by atoms with E-state index in [0.717, 1.165) is 10.2 Å². The summed E-state index contributed by atoms with van der Waals surface area (Å²) < 4.78 is 2.14. The predicted octanol–water partition coefficient (Wildman–Crippen LogP) is 4.10. The lowest BCUT2D eigenvalue weighted by molar-refractivity contribution is -0.383. The summed E-state index contributed by atoms with van der Waals surface area (Å²) >= 11 is 5.09. The highest BCUT2D eigenvalue weighted by atomic mass is 32.2. The van der Waals surface area contributed by atoms with Crippen LogP contribution in [0.1, 0.15) is 0 Å². The van der Waals surface area contributed by atoms with Gasteiger partial charge in [-0.25, -0.2) is 4.98 Å². The summed E-state index contributed by atoms with van der Waals surface area (Å²) in [6.45, 7) is 0. The zero-order chi connectivity index (χ0) is 24.1. The number of benzene rings is 2. The van der Waals surface area contributed by atoms with Gasteiger partial charge in [-0.3, -0.25) is 19.7 Å². The van der Waals surface area contributed by atoms with Gasteiger partial charge >= 0.3 is 0 Å². The van der Waals surface area contributed by atoms with Gasteiger partial charge in [-0.05, 0) is 24.3 Å². The second-order valence-electron chi connectivity index (χ2n) is 6.52. The van der Waals surface area contributed by atoms with Crippen molar-refractivity contribution in [2.24, 2.45) is 0 Å². The van der Waals surface area contributed by atoms with Crippen molar-refractivity contribution < 1.29 is 14.5 Å². The fourth-order valence-corrected chi connectivity index (χ4v) is 6.04. The number of nitrogens with zero attached hydrogens (tertiary/aromatic N) is 4.